The minimum atomic E-state index is -4.90. The highest BCUT2D eigenvalue weighted by Crippen LogP contribution is 2.33. The molecule has 4 rings (SSSR count). The first-order valence-electron chi connectivity index (χ1n) is 10.2. The molecule has 3 aromatic rings. The zero-order chi connectivity index (χ0) is 25.3. The summed E-state index contributed by atoms with van der Waals surface area (Å²) in [6.07, 6.45) is -8.43. The molecular weight excluding hydrogens is 513 g/mol. The van der Waals surface area contributed by atoms with Crippen LogP contribution in [0, 0.1) is 11.6 Å². The Morgan fingerprint density at radius 1 is 1.11 bits per heavy atom. The summed E-state index contributed by atoms with van der Waals surface area (Å²) in [5.41, 5.74) is 0.460. The van der Waals surface area contributed by atoms with Crippen LogP contribution >= 0.6 is 22.9 Å². The van der Waals surface area contributed by atoms with Crippen LogP contribution < -0.4 is 0 Å². The second-order valence-electron chi connectivity index (χ2n) is 7.65. The Labute approximate surface area is 205 Å². The Kier molecular flexibility index (Phi) is 7.11. The first kappa shape index (κ1) is 25.1. The van der Waals surface area contributed by atoms with Gasteiger partial charge in [-0.1, -0.05) is 23.7 Å². The fourth-order valence-electron chi connectivity index (χ4n) is 3.57. The lowest BCUT2D eigenvalue weighted by atomic mass is 10.1. The summed E-state index contributed by atoms with van der Waals surface area (Å²) >= 11 is 7.03. The molecule has 1 aromatic heterocycles. The molecule has 35 heavy (non-hydrogen) atoms. The number of hydrogen-bond donors (Lipinski definition) is 1. The maximum atomic E-state index is 14.2. The summed E-state index contributed by atoms with van der Waals surface area (Å²) in [6, 6.07) is 13.1. The maximum Gasteiger partial charge on any atom is 0.416 e. The van der Waals surface area contributed by atoms with Crippen molar-refractivity contribution in [2.75, 3.05) is 6.54 Å². The minimum absolute atomic E-state index is 0.000705. The van der Waals surface area contributed by atoms with Crippen LogP contribution in [0.5, 0.6) is 0 Å². The number of aliphatic hydroxyl groups is 1. The third-order valence-electron chi connectivity index (χ3n) is 5.29. The molecular formula is C23H17ClF5N3O2S. The molecule has 1 aliphatic heterocycles. The number of carbonyl (C=O) groups excluding carboxylic acids is 1. The van der Waals surface area contributed by atoms with E-state index >= 15 is 0 Å². The van der Waals surface area contributed by atoms with E-state index in [1.165, 1.54) is 41.4 Å². The van der Waals surface area contributed by atoms with Crippen LogP contribution in [0.2, 0.25) is 5.02 Å². The fraction of sp³-hybridized carbons (Fsp3) is 0.217. The number of hydrogen-bond acceptors (Lipinski definition) is 6. The lowest BCUT2D eigenvalue weighted by molar-refractivity contribution is -0.207. The van der Waals surface area contributed by atoms with Gasteiger partial charge in [0.15, 0.2) is 36.0 Å². The molecule has 0 saturated heterocycles. The number of amidine groups is 1. The van der Waals surface area contributed by atoms with E-state index < -0.39 is 36.6 Å². The van der Waals surface area contributed by atoms with Gasteiger partial charge in [-0.2, -0.15) is 18.3 Å². The van der Waals surface area contributed by atoms with Gasteiger partial charge in [0.1, 0.15) is 0 Å². The fourth-order valence-corrected chi connectivity index (χ4v) is 4.71. The highest BCUT2D eigenvalue weighted by Gasteiger charge is 2.44. The molecule has 12 heteroatoms. The zero-order valence-electron chi connectivity index (χ0n) is 17.7. The summed E-state index contributed by atoms with van der Waals surface area (Å²) in [5.74, 6) is -1.94. The summed E-state index contributed by atoms with van der Waals surface area (Å²) in [7, 11) is 0. The second-order valence-corrected chi connectivity index (χ2v) is 9.26. The van der Waals surface area contributed by atoms with Gasteiger partial charge < -0.3 is 10.0 Å². The molecule has 0 radical (unpaired) electrons. The monoisotopic (exact) mass is 529 g/mol. The van der Waals surface area contributed by atoms with E-state index in [2.05, 4.69) is 5.10 Å². The molecule has 0 aliphatic carbocycles. The Morgan fingerprint density at radius 2 is 1.83 bits per heavy atom. The SMILES string of the molecule is O=CC1N(Cc2ccc(-c3cccc(F)c3F)s2)N=C(c2ccc(Cl)cc2)N1C[C@H](O)C(F)(F)F. The van der Waals surface area contributed by atoms with Gasteiger partial charge in [0.05, 0.1) is 13.1 Å². The number of nitrogens with zero attached hydrogens (tertiary/aromatic N) is 3. The number of aliphatic hydroxyl groups excluding tert-OH is 1. The van der Waals surface area contributed by atoms with Crippen molar-refractivity contribution in [3.63, 3.8) is 0 Å². The number of rotatable bonds is 7. The number of alkyl halides is 3. The summed E-state index contributed by atoms with van der Waals surface area (Å²) in [6.45, 7) is -0.921. The molecule has 2 aromatic carbocycles. The minimum Gasteiger partial charge on any atom is -0.382 e. The summed E-state index contributed by atoms with van der Waals surface area (Å²) < 4.78 is 67.1. The number of hydrazone groups is 1. The van der Waals surface area contributed by atoms with Crippen molar-refractivity contribution in [3.8, 4) is 10.4 Å². The molecule has 1 N–H and O–H groups in total. The van der Waals surface area contributed by atoms with E-state index in [0.717, 1.165) is 22.3 Å². The van der Waals surface area contributed by atoms with Crippen LogP contribution in [-0.2, 0) is 11.3 Å². The van der Waals surface area contributed by atoms with Gasteiger partial charge in [-0.15, -0.1) is 11.3 Å². The van der Waals surface area contributed by atoms with E-state index in [-0.39, 0.29) is 17.9 Å². The number of benzene rings is 2. The molecule has 0 saturated carbocycles. The normalized spacial score (nSPS) is 17.0. The number of aldehydes is 1. The molecule has 0 spiro atoms. The highest BCUT2D eigenvalue weighted by atomic mass is 35.5. The van der Waals surface area contributed by atoms with E-state index in [4.69, 9.17) is 11.6 Å². The molecule has 0 bridgehead atoms. The number of halogens is 6. The smallest absolute Gasteiger partial charge is 0.382 e. The third kappa shape index (κ3) is 5.31. The van der Waals surface area contributed by atoms with Crippen LogP contribution in [0.3, 0.4) is 0 Å². The highest BCUT2D eigenvalue weighted by molar-refractivity contribution is 7.15. The van der Waals surface area contributed by atoms with E-state index in [1.807, 2.05) is 0 Å². The maximum absolute atomic E-state index is 14.2. The molecule has 1 unspecified atom stereocenters. The summed E-state index contributed by atoms with van der Waals surface area (Å²) in [5, 5.41) is 15.7. The Morgan fingerprint density at radius 3 is 2.49 bits per heavy atom. The third-order valence-corrected chi connectivity index (χ3v) is 6.64. The van der Waals surface area contributed by atoms with Crippen LogP contribution in [0.25, 0.3) is 10.4 Å². The Hall–Kier alpha value is -3.02. The molecule has 2 atom stereocenters. The van der Waals surface area contributed by atoms with Crippen LogP contribution in [-0.4, -0.2) is 52.1 Å². The molecule has 1 aliphatic rings. The van der Waals surface area contributed by atoms with Crippen molar-refractivity contribution in [1.29, 1.82) is 0 Å². The van der Waals surface area contributed by atoms with E-state index in [9.17, 15) is 31.9 Å². The van der Waals surface area contributed by atoms with Gasteiger partial charge in [-0.25, -0.2) is 8.78 Å². The van der Waals surface area contributed by atoms with Gasteiger partial charge in [-0.05, 0) is 42.5 Å². The van der Waals surface area contributed by atoms with E-state index in [1.54, 1.807) is 12.1 Å². The number of thiophene rings is 1. The molecule has 0 fully saturated rings. The predicted octanol–water partition coefficient (Wildman–Crippen LogP) is 5.27. The lowest BCUT2D eigenvalue weighted by Crippen LogP contribution is -2.49. The van der Waals surface area contributed by atoms with Gasteiger partial charge >= 0.3 is 6.18 Å². The molecule has 184 valence electrons. The Bertz CT molecular complexity index is 1250. The summed E-state index contributed by atoms with van der Waals surface area (Å²) in [4.78, 5) is 14.1. The number of carbonyl (C=O) groups is 1. The molecule has 2 heterocycles. The largest absolute Gasteiger partial charge is 0.416 e. The average Bonchev–Trinajstić information content (AvgIpc) is 3.40. The topological polar surface area (TPSA) is 56.1 Å². The molecule has 5 nitrogen and oxygen atoms in total. The second kappa shape index (κ2) is 9.92. The quantitative estimate of drug-likeness (QED) is 0.334. The van der Waals surface area contributed by atoms with Crippen molar-refractivity contribution >= 4 is 35.1 Å². The van der Waals surface area contributed by atoms with Gasteiger partial charge in [0, 0.05) is 25.9 Å². The predicted molar refractivity (Wildman–Crippen MR) is 122 cm³/mol. The standard InChI is InChI=1S/C23H17ClF5N3O2S/c24-14-6-4-13(5-7-14)22-30-32(20(12-33)31(22)11-19(34)23(27,28)29)10-15-8-9-18(35-15)16-2-1-3-17(25)21(16)26/h1-9,12,19-20,34H,10-11H2/t19-,20?/m0/s1. The first-order chi connectivity index (χ1) is 16.6. The molecule has 0 amide bonds. The van der Waals surface area contributed by atoms with Crippen LogP contribution in [0.4, 0.5) is 22.0 Å². The number of β-amino-alcohol motifs (C(OH)–C–C–N with tert-alkyl or cyclic N) is 1. The van der Waals surface area contributed by atoms with Crippen LogP contribution in [0.15, 0.2) is 59.7 Å². The average molecular weight is 530 g/mol. The van der Waals surface area contributed by atoms with Crippen molar-refractivity contribution in [2.45, 2.75) is 25.0 Å². The van der Waals surface area contributed by atoms with E-state index in [0.29, 0.717) is 26.6 Å². The first-order valence-corrected chi connectivity index (χ1v) is 11.4. The van der Waals surface area contributed by atoms with Crippen molar-refractivity contribution < 1.29 is 31.9 Å². The lowest BCUT2D eigenvalue weighted by Gasteiger charge is -2.30. The van der Waals surface area contributed by atoms with Crippen molar-refractivity contribution in [2.24, 2.45) is 5.10 Å². The van der Waals surface area contributed by atoms with Gasteiger partial charge in [0.25, 0.3) is 0 Å². The van der Waals surface area contributed by atoms with Crippen LogP contribution in [0.1, 0.15) is 10.4 Å². The van der Waals surface area contributed by atoms with Gasteiger partial charge in [0.2, 0.25) is 0 Å². The van der Waals surface area contributed by atoms with Crippen molar-refractivity contribution in [1.82, 2.24) is 9.91 Å². The Balaban J connectivity index is 1.65. The van der Waals surface area contributed by atoms with Crippen molar-refractivity contribution in [3.05, 3.63) is 81.7 Å². The zero-order valence-corrected chi connectivity index (χ0v) is 19.3. The van der Waals surface area contributed by atoms with Gasteiger partial charge in [-0.3, -0.25) is 9.80 Å².